The van der Waals surface area contributed by atoms with Gasteiger partial charge in [-0.05, 0) is 106 Å². The minimum atomic E-state index is -4.56. The van der Waals surface area contributed by atoms with E-state index in [1.165, 1.54) is 6.07 Å². The average Bonchev–Trinajstić information content (AvgIpc) is 3.67. The monoisotopic (exact) mass is 820 g/mol. The number of nitrogens with zero attached hydrogens (tertiary/aromatic N) is 6. The molecule has 9 heteroatoms. The maximum Gasteiger partial charge on any atom is 0.416 e. The highest BCUT2D eigenvalue weighted by Gasteiger charge is 2.31. The Labute approximate surface area is 360 Å². The first-order valence-electron chi connectivity index (χ1n) is 20.0. The third-order valence-electron chi connectivity index (χ3n) is 11.2. The molecule has 2 aromatic heterocycles. The summed E-state index contributed by atoms with van der Waals surface area (Å²) in [5.41, 5.74) is 9.61. The van der Waals surface area contributed by atoms with Gasteiger partial charge in [0.25, 0.3) is 0 Å². The molecule has 10 aromatic rings. The van der Waals surface area contributed by atoms with Crippen molar-refractivity contribution < 1.29 is 13.2 Å². The summed E-state index contributed by atoms with van der Waals surface area (Å²) in [7, 11) is 0. The summed E-state index contributed by atoms with van der Waals surface area (Å²) in [5.74, 6) is 1.13. The van der Waals surface area contributed by atoms with Crippen molar-refractivity contribution in [1.82, 2.24) is 19.5 Å². The summed E-state index contributed by atoms with van der Waals surface area (Å²) in [6, 6.07) is 61.9. The van der Waals surface area contributed by atoms with E-state index in [0.29, 0.717) is 45.3 Å². The largest absolute Gasteiger partial charge is 0.416 e. The van der Waals surface area contributed by atoms with Crippen LogP contribution >= 0.6 is 0 Å². The van der Waals surface area contributed by atoms with E-state index in [-0.39, 0.29) is 0 Å². The molecule has 0 radical (unpaired) electrons. The van der Waals surface area contributed by atoms with Crippen LogP contribution in [0.5, 0.6) is 0 Å². The van der Waals surface area contributed by atoms with E-state index in [2.05, 4.69) is 41.0 Å². The lowest BCUT2D eigenvalue weighted by Gasteiger charge is -2.16. The lowest BCUT2D eigenvalue weighted by atomic mass is 9.96. The first-order chi connectivity index (χ1) is 30.7. The van der Waals surface area contributed by atoms with Crippen molar-refractivity contribution in [3.05, 3.63) is 205 Å². The standard InChI is InChI=1S/C54H31F3N6/c55-54(56,57)43-13-7-12-42(28-43)45-25-24-44(31-48(45)53-61-51(38-8-3-1-4-9-38)60-52(62-53)39-10-5-2-6-11-39)63-49-26-22-40(36-18-14-34(32-58)15-19-36)29-46(49)47-30-41(23-27-50(47)63)37-20-16-35(33-59)17-21-37/h1-31H. The second-order valence-electron chi connectivity index (χ2n) is 15.0. The van der Waals surface area contributed by atoms with Crippen molar-refractivity contribution in [2.75, 3.05) is 0 Å². The smallest absolute Gasteiger partial charge is 0.309 e. The molecular weight excluding hydrogens is 790 g/mol. The van der Waals surface area contributed by atoms with Gasteiger partial charge in [0.15, 0.2) is 17.5 Å². The molecule has 0 amide bonds. The third kappa shape index (κ3) is 7.35. The van der Waals surface area contributed by atoms with Crippen molar-refractivity contribution in [3.63, 3.8) is 0 Å². The predicted molar refractivity (Wildman–Crippen MR) is 241 cm³/mol. The summed E-state index contributed by atoms with van der Waals surface area (Å²) in [5, 5.41) is 20.8. The van der Waals surface area contributed by atoms with Crippen molar-refractivity contribution >= 4 is 21.8 Å². The summed E-state index contributed by atoms with van der Waals surface area (Å²) in [6.07, 6.45) is -4.56. The number of benzene rings is 8. The van der Waals surface area contributed by atoms with E-state index in [1.807, 2.05) is 115 Å². The van der Waals surface area contributed by atoms with Crippen LogP contribution in [0.15, 0.2) is 188 Å². The maximum atomic E-state index is 14.2. The lowest BCUT2D eigenvalue weighted by Crippen LogP contribution is -2.05. The van der Waals surface area contributed by atoms with Crippen molar-refractivity contribution in [2.45, 2.75) is 6.18 Å². The molecule has 63 heavy (non-hydrogen) atoms. The SMILES string of the molecule is N#Cc1ccc(-c2ccc3c(c2)c2cc(-c4ccc(C#N)cc4)ccc2n3-c2ccc(-c3cccc(C(F)(F)F)c3)c(-c3nc(-c4ccccc4)nc(-c4ccccc4)n3)c2)cc1. The van der Waals surface area contributed by atoms with Gasteiger partial charge in [-0.25, -0.2) is 15.0 Å². The second-order valence-corrected chi connectivity index (χ2v) is 15.0. The number of alkyl halides is 3. The summed E-state index contributed by atoms with van der Waals surface area (Å²) >= 11 is 0. The Kier molecular flexibility index (Phi) is 9.63. The second kappa shape index (κ2) is 15.7. The van der Waals surface area contributed by atoms with Crippen LogP contribution in [0, 0.1) is 22.7 Å². The third-order valence-corrected chi connectivity index (χ3v) is 11.2. The Morgan fingerprint density at radius 3 is 1.37 bits per heavy atom. The summed E-state index contributed by atoms with van der Waals surface area (Å²) in [4.78, 5) is 14.9. The summed E-state index contributed by atoms with van der Waals surface area (Å²) in [6.45, 7) is 0. The molecule has 0 saturated carbocycles. The molecule has 0 unspecified atom stereocenters. The van der Waals surface area contributed by atoms with Crippen LogP contribution in [0.1, 0.15) is 16.7 Å². The number of nitriles is 2. The van der Waals surface area contributed by atoms with Crippen LogP contribution < -0.4 is 0 Å². The highest BCUT2D eigenvalue weighted by Crippen LogP contribution is 2.41. The van der Waals surface area contributed by atoms with Crippen molar-refractivity contribution in [2.24, 2.45) is 0 Å². The Bertz CT molecular complexity index is 3260. The molecule has 2 heterocycles. The Morgan fingerprint density at radius 1 is 0.397 bits per heavy atom. The van der Waals surface area contributed by atoms with Crippen LogP contribution in [0.25, 0.3) is 95.0 Å². The molecule has 0 saturated heterocycles. The molecule has 8 aromatic carbocycles. The molecule has 0 spiro atoms. The van der Waals surface area contributed by atoms with Crippen LogP contribution in [0.4, 0.5) is 13.2 Å². The molecule has 0 N–H and O–H groups in total. The fourth-order valence-electron chi connectivity index (χ4n) is 8.04. The molecule has 0 bridgehead atoms. The van der Waals surface area contributed by atoms with Gasteiger partial charge >= 0.3 is 6.18 Å². The molecule has 0 aliphatic heterocycles. The number of aromatic nitrogens is 4. The maximum absolute atomic E-state index is 14.2. The fourth-order valence-corrected chi connectivity index (χ4v) is 8.04. The predicted octanol–water partition coefficient (Wildman–Crippen LogP) is 13.7. The molecule has 0 aliphatic carbocycles. The lowest BCUT2D eigenvalue weighted by molar-refractivity contribution is -0.137. The molecule has 298 valence electrons. The quantitative estimate of drug-likeness (QED) is 0.160. The number of hydrogen-bond donors (Lipinski definition) is 0. The van der Waals surface area contributed by atoms with Gasteiger partial charge in [0.1, 0.15) is 0 Å². The highest BCUT2D eigenvalue weighted by atomic mass is 19.4. The van der Waals surface area contributed by atoms with Gasteiger partial charge in [0.2, 0.25) is 0 Å². The normalized spacial score (nSPS) is 11.4. The van der Waals surface area contributed by atoms with E-state index < -0.39 is 11.7 Å². The van der Waals surface area contributed by atoms with Crippen molar-refractivity contribution in [1.29, 1.82) is 10.5 Å². The molecule has 6 nitrogen and oxygen atoms in total. The van der Waals surface area contributed by atoms with Crippen LogP contribution in [0.2, 0.25) is 0 Å². The Hall–Kier alpha value is -8.66. The van der Waals surface area contributed by atoms with Gasteiger partial charge in [-0.1, -0.05) is 115 Å². The van der Waals surface area contributed by atoms with Crippen LogP contribution in [-0.2, 0) is 6.18 Å². The number of rotatable bonds is 7. The molecule has 10 rings (SSSR count). The van der Waals surface area contributed by atoms with E-state index in [4.69, 9.17) is 15.0 Å². The summed E-state index contributed by atoms with van der Waals surface area (Å²) < 4.78 is 44.8. The molecule has 0 fully saturated rings. The minimum absolute atomic E-state index is 0.295. The van der Waals surface area contributed by atoms with Gasteiger partial charge in [0, 0.05) is 33.2 Å². The highest BCUT2D eigenvalue weighted by molar-refractivity contribution is 6.12. The zero-order valence-electron chi connectivity index (χ0n) is 33.2. The number of fused-ring (bicyclic) bond motifs is 3. The number of hydrogen-bond acceptors (Lipinski definition) is 5. The van der Waals surface area contributed by atoms with E-state index >= 15 is 0 Å². The van der Waals surface area contributed by atoms with Gasteiger partial charge in [0.05, 0.1) is 39.9 Å². The Balaban J connectivity index is 1.24. The fraction of sp³-hybridized carbons (Fsp3) is 0.0185. The van der Waals surface area contributed by atoms with Crippen molar-refractivity contribution in [3.8, 4) is 85.4 Å². The first-order valence-corrected chi connectivity index (χ1v) is 20.0. The molecule has 0 atom stereocenters. The minimum Gasteiger partial charge on any atom is -0.309 e. The first kappa shape index (κ1) is 38.5. The topological polar surface area (TPSA) is 91.2 Å². The van der Waals surface area contributed by atoms with Crippen LogP contribution in [0.3, 0.4) is 0 Å². The zero-order valence-corrected chi connectivity index (χ0v) is 33.2. The zero-order chi connectivity index (χ0) is 43.1. The van der Waals surface area contributed by atoms with E-state index in [1.54, 1.807) is 30.3 Å². The Morgan fingerprint density at radius 2 is 0.873 bits per heavy atom. The van der Waals surface area contributed by atoms with E-state index in [9.17, 15) is 23.7 Å². The van der Waals surface area contributed by atoms with Gasteiger partial charge in [-0.3, -0.25) is 0 Å². The number of halogens is 3. The van der Waals surface area contributed by atoms with E-state index in [0.717, 1.165) is 73.0 Å². The average molecular weight is 821 g/mol. The van der Waals surface area contributed by atoms with Gasteiger partial charge < -0.3 is 4.57 Å². The van der Waals surface area contributed by atoms with Crippen LogP contribution in [-0.4, -0.2) is 19.5 Å². The molecular formula is C54H31F3N6. The van der Waals surface area contributed by atoms with Gasteiger partial charge in [-0.15, -0.1) is 0 Å². The molecule has 0 aliphatic rings. The van der Waals surface area contributed by atoms with Gasteiger partial charge in [-0.2, -0.15) is 23.7 Å².